The second-order valence-electron chi connectivity index (χ2n) is 5.82. The summed E-state index contributed by atoms with van der Waals surface area (Å²) >= 11 is 0. The Bertz CT molecular complexity index is 960. The van der Waals surface area contributed by atoms with E-state index in [1.54, 1.807) is 0 Å². The van der Waals surface area contributed by atoms with E-state index < -0.39 is 34.5 Å². The molecule has 1 atom stereocenters. The number of nitrogens with one attached hydrogen (secondary N) is 2. The number of carbonyl (C=O) groups excluding carboxylic acids is 2. The highest BCUT2D eigenvalue weighted by Gasteiger charge is 2.32. The zero-order valence-corrected chi connectivity index (χ0v) is 14.9. The van der Waals surface area contributed by atoms with Crippen molar-refractivity contribution in [3.05, 3.63) is 75.3 Å². The van der Waals surface area contributed by atoms with Crippen LogP contribution in [0.25, 0.3) is 0 Å². The van der Waals surface area contributed by atoms with Crippen molar-refractivity contribution in [3.8, 4) is 0 Å². The Morgan fingerprint density at radius 2 is 1.86 bits per heavy atom. The number of hydrazone groups is 1. The third-order valence-electron chi connectivity index (χ3n) is 3.70. The Morgan fingerprint density at radius 1 is 1.17 bits per heavy atom. The van der Waals surface area contributed by atoms with Gasteiger partial charge in [-0.25, -0.2) is 5.43 Å². The molecule has 152 valence electrons. The summed E-state index contributed by atoms with van der Waals surface area (Å²) in [6.07, 6.45) is -3.73. The van der Waals surface area contributed by atoms with Crippen LogP contribution in [0, 0.1) is 10.1 Å². The van der Waals surface area contributed by atoms with E-state index in [0.29, 0.717) is 0 Å². The van der Waals surface area contributed by atoms with Gasteiger partial charge < -0.3 is 5.32 Å². The third kappa shape index (κ3) is 5.86. The van der Waals surface area contributed by atoms with Crippen LogP contribution in [0.1, 0.15) is 28.4 Å². The molecule has 0 saturated carbocycles. The molecule has 2 aromatic carbocycles. The number of rotatable bonds is 6. The largest absolute Gasteiger partial charge is 0.417 e. The van der Waals surface area contributed by atoms with E-state index in [4.69, 9.17) is 0 Å². The van der Waals surface area contributed by atoms with Gasteiger partial charge in [-0.3, -0.25) is 19.7 Å². The van der Waals surface area contributed by atoms with Crippen LogP contribution in [0.5, 0.6) is 0 Å². The van der Waals surface area contributed by atoms with Crippen LogP contribution < -0.4 is 10.7 Å². The highest BCUT2D eigenvalue weighted by molar-refractivity contribution is 5.98. The Labute approximate surface area is 162 Å². The highest BCUT2D eigenvalue weighted by atomic mass is 19.4. The smallest absolute Gasteiger partial charge is 0.340 e. The molecule has 0 aromatic heterocycles. The number of nitro groups is 1. The molecule has 0 radical (unpaired) electrons. The molecule has 1 unspecified atom stereocenters. The molecule has 11 heteroatoms. The number of alkyl halides is 3. The van der Waals surface area contributed by atoms with E-state index in [-0.39, 0.29) is 16.8 Å². The fourth-order valence-corrected chi connectivity index (χ4v) is 2.24. The summed E-state index contributed by atoms with van der Waals surface area (Å²) in [5.41, 5.74) is 0.567. The van der Waals surface area contributed by atoms with Gasteiger partial charge >= 0.3 is 6.18 Å². The van der Waals surface area contributed by atoms with Crippen LogP contribution in [0.3, 0.4) is 0 Å². The van der Waals surface area contributed by atoms with Gasteiger partial charge in [0.15, 0.2) is 0 Å². The number of hydrogen-bond acceptors (Lipinski definition) is 5. The average Bonchev–Trinajstić information content (AvgIpc) is 2.67. The molecule has 0 aliphatic rings. The minimum absolute atomic E-state index is 0.0264. The van der Waals surface area contributed by atoms with Gasteiger partial charge in [0.05, 0.1) is 16.7 Å². The minimum Gasteiger partial charge on any atom is -0.340 e. The SMILES string of the molecule is CC(NC(=O)c1cccc([N+](=O)[O-])c1)C(=O)NN=Cc1ccccc1C(F)(F)F. The van der Waals surface area contributed by atoms with Crippen LogP contribution >= 0.6 is 0 Å². The topological polar surface area (TPSA) is 114 Å². The van der Waals surface area contributed by atoms with Crippen molar-refractivity contribution in [1.82, 2.24) is 10.7 Å². The molecule has 0 saturated heterocycles. The minimum atomic E-state index is -4.58. The van der Waals surface area contributed by atoms with Crippen LogP contribution in [0.2, 0.25) is 0 Å². The Morgan fingerprint density at radius 3 is 2.52 bits per heavy atom. The molecule has 0 spiro atoms. The third-order valence-corrected chi connectivity index (χ3v) is 3.70. The molecule has 29 heavy (non-hydrogen) atoms. The Hall–Kier alpha value is -3.76. The summed E-state index contributed by atoms with van der Waals surface area (Å²) in [6, 6.07) is 8.49. The maximum Gasteiger partial charge on any atom is 0.417 e. The molecule has 2 rings (SSSR count). The molecule has 2 amide bonds. The van der Waals surface area contributed by atoms with Crippen molar-refractivity contribution < 1.29 is 27.7 Å². The zero-order valence-electron chi connectivity index (χ0n) is 14.9. The van der Waals surface area contributed by atoms with Crippen molar-refractivity contribution >= 4 is 23.7 Å². The van der Waals surface area contributed by atoms with Crippen molar-refractivity contribution in [2.24, 2.45) is 5.10 Å². The van der Waals surface area contributed by atoms with Crippen LogP contribution in [0.15, 0.2) is 53.6 Å². The van der Waals surface area contributed by atoms with Crippen LogP contribution in [0.4, 0.5) is 18.9 Å². The van der Waals surface area contributed by atoms with Crippen LogP contribution in [-0.2, 0) is 11.0 Å². The van der Waals surface area contributed by atoms with Gasteiger partial charge in [0.1, 0.15) is 6.04 Å². The summed E-state index contributed by atoms with van der Waals surface area (Å²) in [4.78, 5) is 34.2. The van der Waals surface area contributed by atoms with Crippen molar-refractivity contribution in [3.63, 3.8) is 0 Å². The standard InChI is InChI=1S/C18H15F3N4O4/c1-11(23-17(27)12-6-4-7-14(9-12)25(28)29)16(26)24-22-10-13-5-2-3-8-15(13)18(19,20)21/h2-11H,1H3,(H,23,27)(H,24,26). The van der Waals surface area contributed by atoms with E-state index in [0.717, 1.165) is 18.3 Å². The second-order valence-corrected chi connectivity index (χ2v) is 5.82. The molecule has 2 N–H and O–H groups in total. The van der Waals surface area contributed by atoms with Gasteiger partial charge in [0.25, 0.3) is 17.5 Å². The van der Waals surface area contributed by atoms with Crippen molar-refractivity contribution in [2.75, 3.05) is 0 Å². The maximum atomic E-state index is 12.9. The van der Waals surface area contributed by atoms with E-state index in [1.165, 1.54) is 43.3 Å². The molecule has 0 heterocycles. The number of carbonyl (C=O) groups is 2. The predicted molar refractivity (Wildman–Crippen MR) is 97.2 cm³/mol. The first-order valence-corrected chi connectivity index (χ1v) is 8.14. The number of hydrogen-bond donors (Lipinski definition) is 2. The summed E-state index contributed by atoms with van der Waals surface area (Å²) < 4.78 is 38.7. The number of nitro benzene ring substituents is 1. The lowest BCUT2D eigenvalue weighted by Gasteiger charge is -2.12. The van der Waals surface area contributed by atoms with Crippen molar-refractivity contribution in [1.29, 1.82) is 0 Å². The fourth-order valence-electron chi connectivity index (χ4n) is 2.24. The zero-order chi connectivity index (χ0) is 21.6. The number of benzene rings is 2. The highest BCUT2D eigenvalue weighted by Crippen LogP contribution is 2.31. The lowest BCUT2D eigenvalue weighted by molar-refractivity contribution is -0.384. The first kappa shape index (κ1) is 21.5. The Kier molecular flexibility index (Phi) is 6.65. The summed E-state index contributed by atoms with van der Waals surface area (Å²) in [5, 5.41) is 16.6. The van der Waals surface area contributed by atoms with Crippen molar-refractivity contribution in [2.45, 2.75) is 19.1 Å². The summed E-state index contributed by atoms with van der Waals surface area (Å²) in [5.74, 6) is -1.52. The van der Waals surface area contributed by atoms with E-state index in [1.807, 2.05) is 5.43 Å². The number of halogens is 3. The molecule has 2 aromatic rings. The molecular weight excluding hydrogens is 393 g/mol. The monoisotopic (exact) mass is 408 g/mol. The predicted octanol–water partition coefficient (Wildman–Crippen LogP) is 2.88. The molecule has 0 bridgehead atoms. The lowest BCUT2D eigenvalue weighted by Crippen LogP contribution is -2.43. The lowest BCUT2D eigenvalue weighted by atomic mass is 10.1. The van der Waals surface area contributed by atoms with Gasteiger partial charge in [-0.15, -0.1) is 0 Å². The molecule has 0 fully saturated rings. The molecule has 0 aliphatic heterocycles. The van der Waals surface area contributed by atoms with Crippen LogP contribution in [-0.4, -0.2) is 29.0 Å². The summed E-state index contributed by atoms with van der Waals surface area (Å²) in [7, 11) is 0. The van der Waals surface area contributed by atoms with Gasteiger partial charge in [0, 0.05) is 23.3 Å². The first-order chi connectivity index (χ1) is 13.6. The number of non-ortho nitro benzene ring substituents is 1. The maximum absolute atomic E-state index is 12.9. The first-order valence-electron chi connectivity index (χ1n) is 8.14. The van der Waals surface area contributed by atoms with E-state index >= 15 is 0 Å². The van der Waals surface area contributed by atoms with E-state index in [9.17, 15) is 32.9 Å². The second kappa shape index (κ2) is 8.95. The normalized spacial score (nSPS) is 12.4. The molecular formula is C18H15F3N4O4. The van der Waals surface area contributed by atoms with Gasteiger partial charge in [-0.2, -0.15) is 18.3 Å². The summed E-state index contributed by atoms with van der Waals surface area (Å²) in [6.45, 7) is 1.32. The van der Waals surface area contributed by atoms with E-state index in [2.05, 4.69) is 10.4 Å². The van der Waals surface area contributed by atoms with Gasteiger partial charge in [0.2, 0.25) is 0 Å². The molecule has 0 aliphatic carbocycles. The van der Waals surface area contributed by atoms with Gasteiger partial charge in [-0.05, 0) is 19.1 Å². The fraction of sp³-hybridized carbons (Fsp3) is 0.167. The molecule has 8 nitrogen and oxygen atoms in total. The number of nitrogens with zero attached hydrogens (tertiary/aromatic N) is 2. The number of amides is 2. The average molecular weight is 408 g/mol. The van der Waals surface area contributed by atoms with Gasteiger partial charge in [-0.1, -0.05) is 24.3 Å². The Balaban J connectivity index is 2.00. The quantitative estimate of drug-likeness (QED) is 0.435.